The molecule has 3 aromatic carbocycles. The minimum Gasteiger partial charge on any atom is -0.330 e. The Balaban J connectivity index is 1.55. The fourth-order valence-corrected chi connectivity index (χ4v) is 8.81. The largest absolute Gasteiger partial charge is 0.330 e. The summed E-state index contributed by atoms with van der Waals surface area (Å²) < 4.78 is 43.3. The maximum Gasteiger partial charge on any atom is 0.244 e. The molecule has 2 heterocycles. The number of thiophene rings is 1. The summed E-state index contributed by atoms with van der Waals surface area (Å²) in [6.07, 6.45) is 0.654. The molecule has 0 aliphatic carbocycles. The van der Waals surface area contributed by atoms with Gasteiger partial charge in [0.15, 0.2) is 0 Å². The molecule has 0 spiro atoms. The normalized spacial score (nSPS) is 15.3. The van der Waals surface area contributed by atoms with Gasteiger partial charge in [-0.1, -0.05) is 59.1 Å². The summed E-state index contributed by atoms with van der Waals surface area (Å²) in [5.74, 6) is -0.780. The minimum atomic E-state index is -4.12. The molecule has 1 aromatic heterocycles. The number of aryl methyl sites for hydroxylation is 3. The highest BCUT2D eigenvalue weighted by Crippen LogP contribution is 2.41. The second kappa shape index (κ2) is 11.9. The molecule has 1 amide bonds. The van der Waals surface area contributed by atoms with Crippen molar-refractivity contribution in [3.8, 4) is 0 Å². The summed E-state index contributed by atoms with van der Waals surface area (Å²) in [6.45, 7) is 5.34. The topological polar surface area (TPSA) is 57.7 Å². The van der Waals surface area contributed by atoms with Crippen LogP contribution in [0.5, 0.6) is 0 Å². The van der Waals surface area contributed by atoms with E-state index in [4.69, 9.17) is 23.2 Å². The zero-order valence-electron chi connectivity index (χ0n) is 22.8. The van der Waals surface area contributed by atoms with Gasteiger partial charge in [0.2, 0.25) is 15.9 Å². The van der Waals surface area contributed by atoms with Crippen LogP contribution in [0.2, 0.25) is 10.0 Å². The lowest BCUT2D eigenvalue weighted by Gasteiger charge is -2.38. The molecule has 5 rings (SSSR count). The highest BCUT2D eigenvalue weighted by Gasteiger charge is 2.37. The van der Waals surface area contributed by atoms with Crippen LogP contribution in [-0.2, 0) is 27.8 Å². The number of amides is 1. The number of benzene rings is 3. The van der Waals surface area contributed by atoms with Gasteiger partial charge in [0, 0.05) is 28.0 Å². The fraction of sp³-hybridized carbons (Fsp3) is 0.258. The monoisotopic (exact) mass is 630 g/mol. The Bertz CT molecular complexity index is 1700. The third-order valence-corrected chi connectivity index (χ3v) is 11.0. The molecule has 1 unspecified atom stereocenters. The van der Waals surface area contributed by atoms with Gasteiger partial charge in [-0.3, -0.25) is 4.79 Å². The van der Waals surface area contributed by atoms with E-state index in [0.29, 0.717) is 39.7 Å². The average Bonchev–Trinajstić information content (AvgIpc) is 3.37. The first kappa shape index (κ1) is 29.7. The molecular weight excluding hydrogens is 602 g/mol. The Hall–Kier alpha value is -2.75. The number of halogens is 3. The number of nitrogens with zero attached hydrogens (tertiary/aromatic N) is 2. The van der Waals surface area contributed by atoms with Crippen LogP contribution in [0.3, 0.4) is 0 Å². The van der Waals surface area contributed by atoms with E-state index in [1.807, 2.05) is 36.6 Å². The van der Waals surface area contributed by atoms with E-state index in [9.17, 15) is 17.6 Å². The van der Waals surface area contributed by atoms with Gasteiger partial charge < -0.3 is 4.90 Å². The van der Waals surface area contributed by atoms with Gasteiger partial charge in [-0.15, -0.1) is 11.3 Å². The van der Waals surface area contributed by atoms with Crippen LogP contribution < -0.4 is 0 Å². The Morgan fingerprint density at radius 1 is 1.00 bits per heavy atom. The first-order chi connectivity index (χ1) is 19.5. The number of fused-ring (bicyclic) bond motifs is 1. The second-order valence-corrected chi connectivity index (χ2v) is 14.1. The zero-order valence-corrected chi connectivity index (χ0v) is 26.0. The summed E-state index contributed by atoms with van der Waals surface area (Å²) in [5.41, 5.74) is 4.42. The minimum absolute atomic E-state index is 0.0922. The van der Waals surface area contributed by atoms with Gasteiger partial charge in [0.25, 0.3) is 0 Å². The van der Waals surface area contributed by atoms with Crippen LogP contribution in [-0.4, -0.2) is 36.6 Å². The Morgan fingerprint density at radius 2 is 1.68 bits per heavy atom. The summed E-state index contributed by atoms with van der Waals surface area (Å²) in [4.78, 5) is 17.2. The van der Waals surface area contributed by atoms with Crippen LogP contribution in [0.1, 0.15) is 44.3 Å². The quantitative estimate of drug-likeness (QED) is 0.213. The molecule has 0 saturated heterocycles. The van der Waals surface area contributed by atoms with E-state index < -0.39 is 28.4 Å². The number of rotatable bonds is 7. The molecule has 4 aromatic rings. The SMILES string of the molecule is Cc1cc(C)c(S(=O)(=O)N(CC(=O)N2CCc3sccc3C2c2ccc(Cl)cc2Cl)Cc2ccc(F)cc2)c(C)c1. The molecule has 1 atom stereocenters. The Kier molecular flexibility index (Phi) is 8.60. The zero-order chi connectivity index (χ0) is 29.5. The lowest BCUT2D eigenvalue weighted by atomic mass is 9.93. The highest BCUT2D eigenvalue weighted by atomic mass is 35.5. The van der Waals surface area contributed by atoms with E-state index >= 15 is 0 Å². The second-order valence-electron chi connectivity index (χ2n) is 10.3. The number of carbonyl (C=O) groups excluding carboxylic acids is 1. The van der Waals surface area contributed by atoms with Gasteiger partial charge in [-0.2, -0.15) is 4.31 Å². The Labute approximate surface area is 254 Å². The van der Waals surface area contributed by atoms with Crippen molar-refractivity contribution in [3.63, 3.8) is 0 Å². The molecule has 0 bridgehead atoms. The van der Waals surface area contributed by atoms with Gasteiger partial charge in [-0.25, -0.2) is 12.8 Å². The van der Waals surface area contributed by atoms with Crippen LogP contribution in [0.4, 0.5) is 4.39 Å². The van der Waals surface area contributed by atoms with E-state index in [-0.39, 0.29) is 17.3 Å². The Morgan fingerprint density at radius 3 is 2.34 bits per heavy atom. The van der Waals surface area contributed by atoms with Crippen molar-refractivity contribution >= 4 is 50.5 Å². The van der Waals surface area contributed by atoms with E-state index in [1.54, 1.807) is 42.2 Å². The van der Waals surface area contributed by atoms with Gasteiger partial charge >= 0.3 is 0 Å². The summed E-state index contributed by atoms with van der Waals surface area (Å²) in [6, 6.07) is 16.0. The van der Waals surface area contributed by atoms with Crippen LogP contribution >= 0.6 is 34.5 Å². The first-order valence-electron chi connectivity index (χ1n) is 13.1. The number of sulfonamides is 1. The maximum atomic E-state index is 14.2. The van der Waals surface area contributed by atoms with Crippen LogP contribution in [0, 0.1) is 26.6 Å². The number of hydrogen-bond acceptors (Lipinski definition) is 4. The third-order valence-electron chi connectivity index (χ3n) is 7.33. The molecule has 1 aliphatic rings. The third kappa shape index (κ3) is 6.08. The summed E-state index contributed by atoms with van der Waals surface area (Å²) in [5, 5.41) is 2.91. The van der Waals surface area contributed by atoms with Gasteiger partial charge in [0.1, 0.15) is 5.82 Å². The molecule has 0 saturated carbocycles. The van der Waals surface area contributed by atoms with Crippen molar-refractivity contribution in [1.82, 2.24) is 9.21 Å². The van der Waals surface area contributed by atoms with E-state index in [1.165, 1.54) is 28.6 Å². The lowest BCUT2D eigenvalue weighted by molar-refractivity contribution is -0.133. The molecular formula is C31H29Cl2FN2O3S2. The molecule has 0 radical (unpaired) electrons. The molecule has 10 heteroatoms. The molecule has 0 N–H and O–H groups in total. The van der Waals surface area contributed by atoms with Crippen molar-refractivity contribution in [2.45, 2.75) is 44.7 Å². The van der Waals surface area contributed by atoms with Gasteiger partial charge in [-0.05, 0) is 90.7 Å². The predicted octanol–water partition coefficient (Wildman–Crippen LogP) is 7.48. The molecule has 1 aliphatic heterocycles. The standard InChI is InChI=1S/C31H29Cl2FN2O3S2/c1-19-14-20(2)31(21(3)15-19)41(38,39)35(17-22-4-7-24(34)8-5-22)18-29(37)36-12-10-28-26(11-13-40-28)30(36)25-9-6-23(32)16-27(25)33/h4-9,11,13-16,30H,10,12,17-18H2,1-3H3. The summed E-state index contributed by atoms with van der Waals surface area (Å²) >= 11 is 14.4. The highest BCUT2D eigenvalue weighted by molar-refractivity contribution is 7.89. The number of carbonyl (C=O) groups is 1. The van der Waals surface area contributed by atoms with E-state index in [0.717, 1.165) is 21.6 Å². The predicted molar refractivity (Wildman–Crippen MR) is 163 cm³/mol. The number of hydrogen-bond donors (Lipinski definition) is 0. The molecule has 41 heavy (non-hydrogen) atoms. The van der Waals surface area contributed by atoms with Crippen LogP contribution in [0.25, 0.3) is 0 Å². The molecule has 214 valence electrons. The summed E-state index contributed by atoms with van der Waals surface area (Å²) in [7, 11) is -4.12. The van der Waals surface area contributed by atoms with Crippen molar-refractivity contribution in [2.24, 2.45) is 0 Å². The van der Waals surface area contributed by atoms with Crippen molar-refractivity contribution in [2.75, 3.05) is 13.1 Å². The smallest absolute Gasteiger partial charge is 0.244 e. The average molecular weight is 632 g/mol. The van der Waals surface area contributed by atoms with Gasteiger partial charge in [0.05, 0.1) is 17.5 Å². The molecule has 0 fully saturated rings. The molecule has 5 nitrogen and oxygen atoms in total. The van der Waals surface area contributed by atoms with Crippen molar-refractivity contribution < 1.29 is 17.6 Å². The van der Waals surface area contributed by atoms with Crippen LogP contribution in [0.15, 0.2) is 70.9 Å². The fourth-order valence-electron chi connectivity index (χ4n) is 5.61. The first-order valence-corrected chi connectivity index (χ1v) is 16.2. The van der Waals surface area contributed by atoms with Crippen molar-refractivity contribution in [3.05, 3.63) is 120 Å². The maximum absolute atomic E-state index is 14.2. The van der Waals surface area contributed by atoms with Crippen molar-refractivity contribution in [1.29, 1.82) is 0 Å². The van der Waals surface area contributed by atoms with E-state index in [2.05, 4.69) is 0 Å². The lowest BCUT2D eigenvalue weighted by Crippen LogP contribution is -2.46.